The molecule has 2 aromatic carbocycles. The Morgan fingerprint density at radius 2 is 1.61 bits per heavy atom. The van der Waals surface area contributed by atoms with Crippen molar-refractivity contribution in [2.24, 2.45) is 0 Å². The molecule has 0 radical (unpaired) electrons. The van der Waals surface area contributed by atoms with Gasteiger partial charge in [0.15, 0.2) is 0 Å². The Bertz CT molecular complexity index is 878. The molecule has 3 amide bonds. The highest BCUT2D eigenvalue weighted by molar-refractivity contribution is 6.39. The van der Waals surface area contributed by atoms with Crippen LogP contribution in [0.2, 0.25) is 0 Å². The fourth-order valence-corrected chi connectivity index (χ4v) is 2.26. The molecular formula is C20H21N3O5. The van der Waals surface area contributed by atoms with Crippen molar-refractivity contribution in [1.29, 1.82) is 0 Å². The van der Waals surface area contributed by atoms with Crippen LogP contribution >= 0.6 is 0 Å². The van der Waals surface area contributed by atoms with Gasteiger partial charge in [0.2, 0.25) is 5.91 Å². The summed E-state index contributed by atoms with van der Waals surface area (Å²) in [7, 11) is 0. The van der Waals surface area contributed by atoms with E-state index >= 15 is 0 Å². The zero-order valence-corrected chi connectivity index (χ0v) is 15.6. The van der Waals surface area contributed by atoms with Crippen LogP contribution < -0.4 is 16.0 Å². The van der Waals surface area contributed by atoms with Gasteiger partial charge < -0.3 is 20.7 Å². The first-order chi connectivity index (χ1) is 13.4. The van der Waals surface area contributed by atoms with Gasteiger partial charge >= 0.3 is 17.8 Å². The lowest BCUT2D eigenvalue weighted by Crippen LogP contribution is -2.39. The summed E-state index contributed by atoms with van der Waals surface area (Å²) in [5.74, 6) is -2.75. The maximum absolute atomic E-state index is 11.9. The van der Waals surface area contributed by atoms with Crippen molar-refractivity contribution in [3.63, 3.8) is 0 Å². The summed E-state index contributed by atoms with van der Waals surface area (Å²) in [6.07, 6.45) is 0. The van der Waals surface area contributed by atoms with E-state index < -0.39 is 23.7 Å². The first kappa shape index (κ1) is 20.6. The van der Waals surface area contributed by atoms with E-state index in [1.165, 1.54) is 24.3 Å². The van der Waals surface area contributed by atoms with Gasteiger partial charge in [-0.15, -0.1) is 0 Å². The highest BCUT2D eigenvalue weighted by atomic mass is 16.5. The molecule has 3 N–H and O–H groups in total. The number of amides is 3. The summed E-state index contributed by atoms with van der Waals surface area (Å²) < 4.78 is 4.87. The highest BCUT2D eigenvalue weighted by Crippen LogP contribution is 2.11. The summed E-state index contributed by atoms with van der Waals surface area (Å²) in [5.41, 5.74) is 2.23. The van der Waals surface area contributed by atoms with Crippen molar-refractivity contribution < 1.29 is 23.9 Å². The fraction of sp³-hybridized carbons (Fsp3) is 0.200. The van der Waals surface area contributed by atoms with E-state index in [-0.39, 0.29) is 13.2 Å². The van der Waals surface area contributed by atoms with Crippen LogP contribution in [0.1, 0.15) is 22.8 Å². The Hall–Kier alpha value is -3.68. The molecule has 146 valence electrons. The molecule has 0 aliphatic carbocycles. The van der Waals surface area contributed by atoms with Crippen LogP contribution in [0.15, 0.2) is 48.5 Å². The van der Waals surface area contributed by atoms with Crippen molar-refractivity contribution in [3.05, 3.63) is 59.7 Å². The molecule has 28 heavy (non-hydrogen) atoms. The molecule has 8 nitrogen and oxygen atoms in total. The minimum absolute atomic E-state index is 0.272. The molecule has 0 aromatic heterocycles. The highest BCUT2D eigenvalue weighted by Gasteiger charge is 2.15. The van der Waals surface area contributed by atoms with Crippen LogP contribution in [0.25, 0.3) is 0 Å². The van der Waals surface area contributed by atoms with Crippen molar-refractivity contribution in [1.82, 2.24) is 5.32 Å². The van der Waals surface area contributed by atoms with E-state index in [2.05, 4.69) is 16.0 Å². The number of carbonyl (C=O) groups excluding carboxylic acids is 4. The lowest BCUT2D eigenvalue weighted by atomic mass is 10.2. The van der Waals surface area contributed by atoms with Crippen LogP contribution in [0.3, 0.4) is 0 Å². The van der Waals surface area contributed by atoms with E-state index in [9.17, 15) is 19.2 Å². The molecule has 0 atom stereocenters. The first-order valence-corrected chi connectivity index (χ1v) is 8.62. The number of anilines is 2. The molecule has 2 rings (SSSR count). The summed E-state index contributed by atoms with van der Waals surface area (Å²) in [6.45, 7) is 3.47. The van der Waals surface area contributed by atoms with Gasteiger partial charge in [-0.05, 0) is 55.8 Å². The molecule has 2 aromatic rings. The second-order valence-electron chi connectivity index (χ2n) is 5.85. The zero-order valence-electron chi connectivity index (χ0n) is 15.6. The van der Waals surface area contributed by atoms with Gasteiger partial charge in [-0.1, -0.05) is 12.1 Å². The second-order valence-corrected chi connectivity index (χ2v) is 5.85. The largest absolute Gasteiger partial charge is 0.462 e. The number of rotatable bonds is 6. The summed E-state index contributed by atoms with van der Waals surface area (Å²) in [5, 5.41) is 7.26. The smallest absolute Gasteiger partial charge is 0.338 e. The molecular weight excluding hydrogens is 362 g/mol. The van der Waals surface area contributed by atoms with Crippen LogP contribution in [0.4, 0.5) is 11.4 Å². The van der Waals surface area contributed by atoms with Gasteiger partial charge in [0.25, 0.3) is 0 Å². The molecule has 0 bridgehead atoms. The Kier molecular flexibility index (Phi) is 7.27. The third-order valence-corrected chi connectivity index (χ3v) is 3.57. The summed E-state index contributed by atoms with van der Waals surface area (Å²) >= 11 is 0. The quantitative estimate of drug-likeness (QED) is 0.520. The van der Waals surface area contributed by atoms with Gasteiger partial charge in [-0.25, -0.2) is 4.79 Å². The van der Waals surface area contributed by atoms with E-state index in [1.54, 1.807) is 25.1 Å². The third-order valence-electron chi connectivity index (χ3n) is 3.57. The molecule has 0 aliphatic rings. The normalized spacial score (nSPS) is 9.93. The van der Waals surface area contributed by atoms with Crippen molar-refractivity contribution in [2.45, 2.75) is 13.8 Å². The standard InChI is InChI=1S/C20H21N3O5/c1-3-28-20(27)14-7-9-15(10-8-14)22-17(24)12-21-18(25)19(26)23-16-6-4-5-13(2)11-16/h4-11H,3,12H2,1-2H3,(H,21,25)(H,22,24)(H,23,26). The predicted octanol–water partition coefficient (Wildman–Crippen LogP) is 1.87. The van der Waals surface area contributed by atoms with Gasteiger partial charge in [0, 0.05) is 11.4 Å². The van der Waals surface area contributed by atoms with E-state index in [1.807, 2.05) is 13.0 Å². The number of benzene rings is 2. The molecule has 8 heteroatoms. The van der Waals surface area contributed by atoms with Gasteiger partial charge in [-0.2, -0.15) is 0 Å². The number of carbonyl (C=O) groups is 4. The molecule has 0 spiro atoms. The zero-order chi connectivity index (χ0) is 20.5. The lowest BCUT2D eigenvalue weighted by molar-refractivity contribution is -0.136. The van der Waals surface area contributed by atoms with E-state index in [0.29, 0.717) is 16.9 Å². The van der Waals surface area contributed by atoms with Crippen LogP contribution in [0, 0.1) is 6.92 Å². The number of nitrogens with one attached hydrogen (secondary N) is 3. The predicted molar refractivity (Wildman–Crippen MR) is 104 cm³/mol. The SMILES string of the molecule is CCOC(=O)c1ccc(NC(=O)CNC(=O)C(=O)Nc2cccc(C)c2)cc1. The maximum atomic E-state index is 11.9. The first-order valence-electron chi connectivity index (χ1n) is 8.62. The molecule has 0 saturated heterocycles. The molecule has 0 fully saturated rings. The van der Waals surface area contributed by atoms with Crippen LogP contribution in [0.5, 0.6) is 0 Å². The van der Waals surface area contributed by atoms with E-state index in [4.69, 9.17) is 4.74 Å². The van der Waals surface area contributed by atoms with Gasteiger partial charge in [-0.3, -0.25) is 14.4 Å². The number of esters is 1. The number of aryl methyl sites for hydroxylation is 1. The van der Waals surface area contributed by atoms with Crippen molar-refractivity contribution in [2.75, 3.05) is 23.8 Å². The lowest BCUT2D eigenvalue weighted by Gasteiger charge is -2.08. The molecule has 0 unspecified atom stereocenters. The average Bonchev–Trinajstić information content (AvgIpc) is 2.67. The molecule has 0 heterocycles. The van der Waals surface area contributed by atoms with Gasteiger partial charge in [0.1, 0.15) is 0 Å². The number of hydrogen-bond donors (Lipinski definition) is 3. The Morgan fingerprint density at radius 1 is 0.893 bits per heavy atom. The Balaban J connectivity index is 1.80. The van der Waals surface area contributed by atoms with Gasteiger partial charge in [0.05, 0.1) is 18.7 Å². The summed E-state index contributed by atoms with van der Waals surface area (Å²) in [6, 6.07) is 13.1. The number of hydrogen-bond acceptors (Lipinski definition) is 5. The van der Waals surface area contributed by atoms with Crippen LogP contribution in [-0.2, 0) is 19.1 Å². The monoisotopic (exact) mass is 383 g/mol. The van der Waals surface area contributed by atoms with Crippen molar-refractivity contribution in [3.8, 4) is 0 Å². The molecule has 0 saturated carbocycles. The Labute approximate surface area is 162 Å². The van der Waals surface area contributed by atoms with Crippen LogP contribution in [-0.4, -0.2) is 36.8 Å². The second kappa shape index (κ2) is 9.86. The topological polar surface area (TPSA) is 114 Å². The fourth-order valence-electron chi connectivity index (χ4n) is 2.26. The molecule has 0 aliphatic heterocycles. The summed E-state index contributed by atoms with van der Waals surface area (Å²) in [4.78, 5) is 47.2. The number of ether oxygens (including phenoxy) is 1. The van der Waals surface area contributed by atoms with E-state index in [0.717, 1.165) is 5.56 Å². The minimum atomic E-state index is -0.922. The Morgan fingerprint density at radius 3 is 2.25 bits per heavy atom. The third kappa shape index (κ3) is 6.24. The van der Waals surface area contributed by atoms with Crippen molar-refractivity contribution >= 4 is 35.1 Å². The maximum Gasteiger partial charge on any atom is 0.338 e. The minimum Gasteiger partial charge on any atom is -0.462 e. The average molecular weight is 383 g/mol.